The van der Waals surface area contributed by atoms with Gasteiger partial charge in [0, 0.05) is 85.3 Å². The summed E-state index contributed by atoms with van der Waals surface area (Å²) < 4.78 is 11.7. The smallest absolute Gasteiger partial charge is 0.242 e. The van der Waals surface area contributed by atoms with E-state index in [-0.39, 0.29) is 98.8 Å². The van der Waals surface area contributed by atoms with Crippen molar-refractivity contribution in [3.8, 4) is 23.0 Å². The number of fused-ring (bicyclic) bond motifs is 9. The number of phenolic OH excluding ortho intramolecular Hbond substituents is 2. The summed E-state index contributed by atoms with van der Waals surface area (Å²) in [5, 5.41) is 40.7. The first-order valence-electron chi connectivity index (χ1n) is 15.2. The van der Waals surface area contributed by atoms with Gasteiger partial charge in [-0.3, -0.25) is 19.4 Å². The third kappa shape index (κ3) is 5.19. The van der Waals surface area contributed by atoms with E-state index in [1.807, 2.05) is 32.7 Å². The molecule has 4 heterocycles. The first-order valence-corrected chi connectivity index (χ1v) is 15.2. The summed E-state index contributed by atoms with van der Waals surface area (Å²) >= 11 is 0. The van der Waals surface area contributed by atoms with Gasteiger partial charge in [-0.15, -0.1) is 0 Å². The number of rotatable bonds is 6. The second-order valence-corrected chi connectivity index (χ2v) is 12.5. The standard InChI is InChI=1S/C32H42N4O7.Ac/c1-7-8-23(37)34-17(5)31(40)33-12-22-25-19(27(38)16(4)29-30(25)43-13-42-29)11-20-26-24-18(9-14(2)15(3)28(24)39)10-21(35(26)6)32(41)36(20)22;/h9,17,20-22,26,32,38-39,41H,7-8,10-13H2,1-6H3,(H,33,40)(H,34,37);/t17-,20?,21-,22-,26+,32-;/m0./s1. The van der Waals surface area contributed by atoms with Gasteiger partial charge in [0.1, 0.15) is 23.8 Å². The summed E-state index contributed by atoms with van der Waals surface area (Å²) in [5.41, 5.74) is 5.63. The number of nitrogens with one attached hydrogen (secondary N) is 2. The summed E-state index contributed by atoms with van der Waals surface area (Å²) in [4.78, 5) is 29.5. The molecule has 12 heteroatoms. The van der Waals surface area contributed by atoms with E-state index in [1.165, 1.54) is 0 Å². The van der Waals surface area contributed by atoms with Crippen LogP contribution in [0.4, 0.5) is 0 Å². The van der Waals surface area contributed by atoms with Crippen molar-refractivity contribution in [2.45, 2.75) is 96.7 Å². The third-order valence-corrected chi connectivity index (χ3v) is 10.0. The number of amides is 2. The molecule has 6 atom stereocenters. The molecule has 4 aliphatic rings. The Morgan fingerprint density at radius 1 is 1.05 bits per heavy atom. The summed E-state index contributed by atoms with van der Waals surface area (Å²) in [7, 11) is 1.98. The van der Waals surface area contributed by atoms with Gasteiger partial charge in [0.2, 0.25) is 18.6 Å². The Labute approximate surface area is 293 Å². The molecule has 2 aromatic carbocycles. The number of carbonyl (C=O) groups excluding carboxylic acids is 2. The van der Waals surface area contributed by atoms with E-state index in [4.69, 9.17) is 9.47 Å². The van der Waals surface area contributed by atoms with Crippen molar-refractivity contribution in [3.63, 3.8) is 0 Å². The van der Waals surface area contributed by atoms with Gasteiger partial charge in [-0.25, -0.2) is 0 Å². The molecule has 2 amide bonds. The van der Waals surface area contributed by atoms with Gasteiger partial charge in [-0.05, 0) is 70.7 Å². The number of aryl methyl sites for hydroxylation is 1. The fourth-order valence-corrected chi connectivity index (χ4v) is 7.67. The van der Waals surface area contributed by atoms with Crippen LogP contribution in [0.25, 0.3) is 0 Å². The Morgan fingerprint density at radius 2 is 1.75 bits per heavy atom. The maximum Gasteiger partial charge on any atom is 0.242 e. The fraction of sp³-hybridized carbons (Fsp3) is 0.562. The second-order valence-electron chi connectivity index (χ2n) is 12.5. The summed E-state index contributed by atoms with van der Waals surface area (Å²) in [5.74, 6) is 0.803. The molecule has 235 valence electrons. The molecule has 1 saturated heterocycles. The Bertz CT molecular complexity index is 1500. The third-order valence-electron chi connectivity index (χ3n) is 10.0. The van der Waals surface area contributed by atoms with Gasteiger partial charge in [0.15, 0.2) is 11.5 Å². The minimum absolute atomic E-state index is 0. The van der Waals surface area contributed by atoms with E-state index in [9.17, 15) is 24.9 Å². The normalized spacial score (nSPS) is 25.7. The number of likely N-dealkylation sites (N-methyl/N-ethyl adjacent to an activating group) is 1. The average Bonchev–Trinajstić information content (AvgIpc) is 3.46. The molecule has 6 rings (SSSR count). The van der Waals surface area contributed by atoms with Crippen LogP contribution >= 0.6 is 0 Å². The molecule has 11 nitrogen and oxygen atoms in total. The predicted molar refractivity (Wildman–Crippen MR) is 158 cm³/mol. The van der Waals surface area contributed by atoms with E-state index >= 15 is 0 Å². The maximum absolute atomic E-state index is 13.2. The van der Waals surface area contributed by atoms with Crippen molar-refractivity contribution in [1.82, 2.24) is 20.4 Å². The first kappa shape index (κ1) is 33.3. The molecule has 1 fully saturated rings. The number of ether oxygens (including phenoxy) is 2. The summed E-state index contributed by atoms with van der Waals surface area (Å²) in [6, 6.07) is -0.109. The summed E-state index contributed by atoms with van der Waals surface area (Å²) in [6.45, 7) is 9.34. The number of nitrogens with zero attached hydrogens (tertiary/aromatic N) is 2. The van der Waals surface area contributed by atoms with Crippen molar-refractivity contribution in [3.05, 3.63) is 45.0 Å². The van der Waals surface area contributed by atoms with Crippen molar-refractivity contribution >= 4 is 11.8 Å². The molecule has 0 saturated carbocycles. The molecule has 0 spiro atoms. The Balaban J connectivity index is 0.00000384. The van der Waals surface area contributed by atoms with Crippen LogP contribution in [-0.2, 0) is 22.4 Å². The molecular weight excluding hydrogens is 779 g/mol. The van der Waals surface area contributed by atoms with E-state index < -0.39 is 18.3 Å². The van der Waals surface area contributed by atoms with Crippen LogP contribution in [0, 0.1) is 64.8 Å². The Morgan fingerprint density at radius 3 is 2.45 bits per heavy atom. The Kier molecular flexibility index (Phi) is 9.52. The molecule has 44 heavy (non-hydrogen) atoms. The van der Waals surface area contributed by atoms with E-state index in [0.29, 0.717) is 53.9 Å². The number of aliphatic hydroxyl groups is 1. The second kappa shape index (κ2) is 12.6. The number of hydrogen-bond acceptors (Lipinski definition) is 9. The van der Waals surface area contributed by atoms with Crippen LogP contribution in [0.5, 0.6) is 23.0 Å². The Hall–Kier alpha value is -2.10. The molecule has 0 aliphatic carbocycles. The minimum atomic E-state index is -0.915. The van der Waals surface area contributed by atoms with Crippen LogP contribution in [-0.4, -0.2) is 81.7 Å². The largest absolute Gasteiger partial charge is 0.507 e. The SMILES string of the molecule is CCCC(=O)N[C@@H](C)C(=O)NC[C@H]1c2c(c(O)c(C)c3c2OCO3)CC2[C@@H]3c4c(cc(C)c(C)c4O)C[C@@H]([C@H](O)N21)N3C.[Ac]. The van der Waals surface area contributed by atoms with Crippen LogP contribution in [0.2, 0.25) is 0 Å². The molecule has 2 aromatic rings. The van der Waals surface area contributed by atoms with Gasteiger partial charge < -0.3 is 35.4 Å². The number of benzene rings is 2. The predicted octanol–water partition coefficient (Wildman–Crippen LogP) is 2.37. The maximum atomic E-state index is 13.2. The molecule has 1 unspecified atom stereocenters. The number of hydrogen-bond donors (Lipinski definition) is 5. The zero-order chi connectivity index (χ0) is 30.9. The zero-order valence-corrected chi connectivity index (χ0v) is 31.0. The van der Waals surface area contributed by atoms with Crippen molar-refractivity contribution < 1.29 is 78.4 Å². The van der Waals surface area contributed by atoms with E-state index in [1.54, 1.807) is 13.8 Å². The molecule has 1 radical (unpaired) electrons. The van der Waals surface area contributed by atoms with Crippen molar-refractivity contribution in [2.75, 3.05) is 20.4 Å². The molecular formula is C32H42AcN4O7. The number of phenols is 2. The zero-order valence-electron chi connectivity index (χ0n) is 26.2. The molecule has 0 aromatic heterocycles. The van der Waals surface area contributed by atoms with Gasteiger partial charge >= 0.3 is 0 Å². The van der Waals surface area contributed by atoms with Crippen LogP contribution < -0.4 is 20.1 Å². The quantitative estimate of drug-likeness (QED) is 0.297. The van der Waals surface area contributed by atoms with Crippen molar-refractivity contribution in [2.24, 2.45) is 0 Å². The van der Waals surface area contributed by atoms with Crippen molar-refractivity contribution in [1.29, 1.82) is 0 Å². The summed E-state index contributed by atoms with van der Waals surface area (Å²) in [6.07, 6.45) is 1.03. The van der Waals surface area contributed by atoms with Crippen LogP contribution in [0.15, 0.2) is 6.07 Å². The van der Waals surface area contributed by atoms with Crippen LogP contribution in [0.1, 0.15) is 77.7 Å². The molecule has 4 aliphatic heterocycles. The number of carbonyl (C=O) groups is 2. The number of piperazine rings is 1. The van der Waals surface area contributed by atoms with Crippen LogP contribution in [0.3, 0.4) is 0 Å². The molecule has 2 bridgehead atoms. The van der Waals surface area contributed by atoms with Gasteiger partial charge in [0.25, 0.3) is 0 Å². The fourth-order valence-electron chi connectivity index (χ4n) is 7.67. The van der Waals surface area contributed by atoms with E-state index in [0.717, 1.165) is 22.3 Å². The van der Waals surface area contributed by atoms with Gasteiger partial charge in [-0.1, -0.05) is 13.0 Å². The molecule has 5 N–H and O–H groups in total. The number of aromatic hydroxyl groups is 2. The number of aliphatic hydroxyl groups excluding tert-OH is 1. The minimum Gasteiger partial charge on any atom is -0.507 e. The first-order chi connectivity index (χ1) is 20.5. The average molecular weight is 822 g/mol. The monoisotopic (exact) mass is 821 g/mol. The topological polar surface area (TPSA) is 144 Å². The van der Waals surface area contributed by atoms with Gasteiger partial charge in [-0.2, -0.15) is 0 Å². The van der Waals surface area contributed by atoms with E-state index in [2.05, 4.69) is 21.6 Å². The van der Waals surface area contributed by atoms with Gasteiger partial charge in [0.05, 0.1) is 18.1 Å².